The van der Waals surface area contributed by atoms with Gasteiger partial charge in [-0.15, -0.1) is 0 Å². The second-order valence-corrected chi connectivity index (χ2v) is 7.31. The highest BCUT2D eigenvalue weighted by atomic mass is 35.5. The summed E-state index contributed by atoms with van der Waals surface area (Å²) in [4.78, 5) is 38.7. The van der Waals surface area contributed by atoms with E-state index in [1.807, 2.05) is 17.0 Å². The normalized spacial score (nSPS) is 17.0. The van der Waals surface area contributed by atoms with Gasteiger partial charge in [0.05, 0.1) is 5.92 Å². The van der Waals surface area contributed by atoms with E-state index in [0.29, 0.717) is 30.5 Å². The van der Waals surface area contributed by atoms with Gasteiger partial charge in [-0.2, -0.15) is 0 Å². The number of carbonyl (C=O) groups excluding carboxylic acids is 1. The highest BCUT2D eigenvalue weighted by Gasteiger charge is 2.27. The molecule has 1 aromatic heterocycles. The number of carbonyl (C=O) groups is 1. The van der Waals surface area contributed by atoms with Crippen molar-refractivity contribution in [3.63, 3.8) is 0 Å². The summed E-state index contributed by atoms with van der Waals surface area (Å²) in [6.07, 6.45) is 1.60. The third-order valence-corrected chi connectivity index (χ3v) is 5.25. The average Bonchev–Trinajstić information content (AvgIpc) is 2.68. The standard InChI is InChI=1S/C19H23ClN4O3/c1-22-16(10-17(25)23(2)19(22)27)24-9-3-4-14(12-24)18(26)21-11-13-5-7-15(20)8-6-13/h5-8,10,14H,3-4,9,11-12H2,1-2H3,(H,21,26)/t14-/m1/s1. The Labute approximate surface area is 162 Å². The molecule has 3 rings (SSSR count). The summed E-state index contributed by atoms with van der Waals surface area (Å²) in [5.41, 5.74) is 0.267. The number of nitrogens with one attached hydrogen (secondary N) is 1. The van der Waals surface area contributed by atoms with Gasteiger partial charge in [0.2, 0.25) is 5.91 Å². The largest absolute Gasteiger partial charge is 0.357 e. The van der Waals surface area contributed by atoms with E-state index in [1.165, 1.54) is 17.7 Å². The van der Waals surface area contributed by atoms with Gasteiger partial charge in [-0.05, 0) is 30.5 Å². The smallest absolute Gasteiger partial charge is 0.332 e. The molecule has 0 bridgehead atoms. The van der Waals surface area contributed by atoms with E-state index in [-0.39, 0.29) is 23.1 Å². The average molecular weight is 391 g/mol. The Kier molecular flexibility index (Phi) is 5.70. The van der Waals surface area contributed by atoms with Crippen molar-refractivity contribution < 1.29 is 4.79 Å². The van der Waals surface area contributed by atoms with Crippen molar-refractivity contribution in [1.29, 1.82) is 0 Å². The first kappa shape index (κ1) is 19.2. The Hall–Kier alpha value is -2.54. The zero-order valence-corrected chi connectivity index (χ0v) is 16.2. The molecule has 1 aromatic carbocycles. The molecular formula is C19H23ClN4O3. The minimum atomic E-state index is -0.369. The summed E-state index contributed by atoms with van der Waals surface area (Å²) in [6.45, 7) is 1.63. The minimum Gasteiger partial charge on any atom is -0.357 e. The molecule has 1 aliphatic heterocycles. The Morgan fingerprint density at radius 2 is 1.89 bits per heavy atom. The maximum Gasteiger partial charge on any atom is 0.332 e. The van der Waals surface area contributed by atoms with Gasteiger partial charge in [-0.3, -0.25) is 18.7 Å². The van der Waals surface area contributed by atoms with E-state index in [1.54, 1.807) is 19.2 Å². The van der Waals surface area contributed by atoms with E-state index in [9.17, 15) is 14.4 Å². The van der Waals surface area contributed by atoms with Crippen molar-refractivity contribution in [2.45, 2.75) is 19.4 Å². The van der Waals surface area contributed by atoms with Gasteiger partial charge < -0.3 is 10.2 Å². The van der Waals surface area contributed by atoms with Gasteiger partial charge in [0.1, 0.15) is 5.82 Å². The van der Waals surface area contributed by atoms with Crippen LogP contribution in [0.3, 0.4) is 0 Å². The lowest BCUT2D eigenvalue weighted by atomic mass is 9.97. The summed E-state index contributed by atoms with van der Waals surface area (Å²) in [6, 6.07) is 8.80. The molecule has 0 spiro atoms. The van der Waals surface area contributed by atoms with Crippen LogP contribution in [0.4, 0.5) is 5.82 Å². The number of nitrogens with zero attached hydrogens (tertiary/aromatic N) is 3. The van der Waals surface area contributed by atoms with Crippen LogP contribution in [0.5, 0.6) is 0 Å². The van der Waals surface area contributed by atoms with E-state index in [4.69, 9.17) is 11.6 Å². The van der Waals surface area contributed by atoms with Gasteiger partial charge in [-0.1, -0.05) is 23.7 Å². The summed E-state index contributed by atoms with van der Waals surface area (Å²) in [7, 11) is 3.10. The molecule has 0 aliphatic carbocycles. The topological polar surface area (TPSA) is 76.3 Å². The monoisotopic (exact) mass is 390 g/mol. The third kappa shape index (κ3) is 4.24. The van der Waals surface area contributed by atoms with Crippen LogP contribution in [0.2, 0.25) is 5.02 Å². The number of halogens is 1. The molecule has 2 heterocycles. The number of piperidine rings is 1. The van der Waals surface area contributed by atoms with Crippen LogP contribution in [0, 0.1) is 5.92 Å². The quantitative estimate of drug-likeness (QED) is 0.853. The molecule has 8 heteroatoms. The fraction of sp³-hybridized carbons (Fsp3) is 0.421. The SMILES string of the molecule is Cn1c(N2CCC[C@@H](C(=O)NCc3ccc(Cl)cc3)C2)cc(=O)n(C)c1=O. The Balaban J connectivity index is 1.69. The fourth-order valence-corrected chi connectivity index (χ4v) is 3.49. The first-order chi connectivity index (χ1) is 12.9. The lowest BCUT2D eigenvalue weighted by Crippen LogP contribution is -2.46. The zero-order valence-electron chi connectivity index (χ0n) is 15.4. The predicted molar refractivity (Wildman–Crippen MR) is 105 cm³/mol. The lowest BCUT2D eigenvalue weighted by Gasteiger charge is -2.34. The van der Waals surface area contributed by atoms with Crippen molar-refractivity contribution >= 4 is 23.3 Å². The van der Waals surface area contributed by atoms with Gasteiger partial charge >= 0.3 is 5.69 Å². The zero-order chi connectivity index (χ0) is 19.6. The van der Waals surface area contributed by atoms with E-state index < -0.39 is 0 Å². The Morgan fingerprint density at radius 1 is 1.19 bits per heavy atom. The van der Waals surface area contributed by atoms with Crippen molar-refractivity contribution in [3.05, 3.63) is 61.8 Å². The molecule has 1 amide bonds. The Morgan fingerprint density at radius 3 is 2.59 bits per heavy atom. The predicted octanol–water partition coefficient (Wildman–Crippen LogP) is 1.27. The molecule has 1 N–H and O–H groups in total. The van der Waals surface area contributed by atoms with Gasteiger partial charge in [0.15, 0.2) is 0 Å². The minimum absolute atomic E-state index is 0.0246. The molecule has 1 fully saturated rings. The molecule has 1 aliphatic rings. The van der Waals surface area contributed by atoms with Crippen LogP contribution >= 0.6 is 11.6 Å². The first-order valence-electron chi connectivity index (χ1n) is 8.91. The van der Waals surface area contributed by atoms with Crippen LogP contribution in [-0.2, 0) is 25.4 Å². The highest BCUT2D eigenvalue weighted by molar-refractivity contribution is 6.30. The maximum absolute atomic E-state index is 12.6. The van der Waals surface area contributed by atoms with Crippen LogP contribution in [0.1, 0.15) is 18.4 Å². The molecule has 0 radical (unpaired) electrons. The molecule has 0 saturated carbocycles. The number of benzene rings is 1. The van der Waals surface area contributed by atoms with Crippen molar-refractivity contribution in [2.75, 3.05) is 18.0 Å². The summed E-state index contributed by atoms with van der Waals surface area (Å²) in [5.74, 6) is 0.340. The van der Waals surface area contributed by atoms with E-state index >= 15 is 0 Å². The number of rotatable bonds is 4. The second kappa shape index (κ2) is 8.00. The molecule has 7 nitrogen and oxygen atoms in total. The lowest BCUT2D eigenvalue weighted by molar-refractivity contribution is -0.125. The van der Waals surface area contributed by atoms with Crippen LogP contribution in [0.15, 0.2) is 39.9 Å². The molecular weight excluding hydrogens is 368 g/mol. The number of aromatic nitrogens is 2. The van der Waals surface area contributed by atoms with E-state index in [0.717, 1.165) is 23.0 Å². The molecule has 0 unspecified atom stereocenters. The molecule has 2 aromatic rings. The number of hydrogen-bond donors (Lipinski definition) is 1. The molecule has 1 saturated heterocycles. The van der Waals surface area contributed by atoms with Gasteiger partial charge in [-0.25, -0.2) is 4.79 Å². The summed E-state index contributed by atoms with van der Waals surface area (Å²) < 4.78 is 2.53. The third-order valence-electron chi connectivity index (χ3n) is 5.00. The van der Waals surface area contributed by atoms with Crippen molar-refractivity contribution in [2.24, 2.45) is 20.0 Å². The fourth-order valence-electron chi connectivity index (χ4n) is 3.36. The van der Waals surface area contributed by atoms with Gasteiger partial charge in [0, 0.05) is 44.8 Å². The van der Waals surface area contributed by atoms with E-state index in [2.05, 4.69) is 5.32 Å². The summed E-state index contributed by atoms with van der Waals surface area (Å²) in [5, 5.41) is 3.62. The van der Waals surface area contributed by atoms with Gasteiger partial charge in [0.25, 0.3) is 5.56 Å². The molecule has 1 atom stereocenters. The summed E-state index contributed by atoms with van der Waals surface area (Å²) >= 11 is 5.87. The van der Waals surface area contributed by atoms with Crippen LogP contribution in [-0.4, -0.2) is 28.1 Å². The number of hydrogen-bond acceptors (Lipinski definition) is 4. The van der Waals surface area contributed by atoms with Crippen molar-refractivity contribution in [3.8, 4) is 0 Å². The van der Waals surface area contributed by atoms with Crippen LogP contribution in [0.25, 0.3) is 0 Å². The van der Waals surface area contributed by atoms with Crippen molar-refractivity contribution in [1.82, 2.24) is 14.5 Å². The number of amides is 1. The van der Waals surface area contributed by atoms with Crippen LogP contribution < -0.4 is 21.5 Å². The molecule has 144 valence electrons. The Bertz CT molecular complexity index is 949. The molecule has 27 heavy (non-hydrogen) atoms. The second-order valence-electron chi connectivity index (χ2n) is 6.87. The maximum atomic E-state index is 12.6. The first-order valence-corrected chi connectivity index (χ1v) is 9.29. The number of anilines is 1. The highest BCUT2D eigenvalue weighted by Crippen LogP contribution is 2.21.